The summed E-state index contributed by atoms with van der Waals surface area (Å²) >= 11 is 0. The molecule has 0 aliphatic carbocycles. The van der Waals surface area contributed by atoms with Gasteiger partial charge in [-0.25, -0.2) is 0 Å². The van der Waals surface area contributed by atoms with E-state index in [9.17, 15) is 0 Å². The van der Waals surface area contributed by atoms with Crippen LogP contribution in [0.1, 0.15) is 61.9 Å². The summed E-state index contributed by atoms with van der Waals surface area (Å²) < 4.78 is 0. The first kappa shape index (κ1) is 30.5. The fourth-order valence-electron chi connectivity index (χ4n) is 7.21. The number of aromatic amines is 4. The van der Waals surface area contributed by atoms with Crippen molar-refractivity contribution in [3.8, 4) is 0 Å². The lowest BCUT2D eigenvalue weighted by molar-refractivity contribution is 1.17. The molecular weight excluding hydrogens is 623 g/mol. The van der Waals surface area contributed by atoms with E-state index in [2.05, 4.69) is 168 Å². The van der Waals surface area contributed by atoms with E-state index in [0.29, 0.717) is 0 Å². The van der Waals surface area contributed by atoms with Crippen LogP contribution >= 0.6 is 0 Å². The molecule has 0 saturated heterocycles. The first-order valence-electron chi connectivity index (χ1n) is 17.4. The summed E-state index contributed by atoms with van der Waals surface area (Å²) in [6.07, 6.45) is 1.85. The number of benzene rings is 3. The number of nitrogens with zero attached hydrogens (tertiary/aromatic N) is 1. The molecule has 0 amide bonds. The summed E-state index contributed by atoms with van der Waals surface area (Å²) in [7, 11) is 0. The third-order valence-corrected chi connectivity index (χ3v) is 9.84. The summed E-state index contributed by atoms with van der Waals surface area (Å²) in [6, 6.07) is 49.9. The smallest absolute Gasteiger partial charge is 0.0743 e. The van der Waals surface area contributed by atoms with Gasteiger partial charge in [-0.2, -0.15) is 0 Å². The van der Waals surface area contributed by atoms with Crippen molar-refractivity contribution < 1.29 is 0 Å². The van der Waals surface area contributed by atoms with Crippen molar-refractivity contribution in [2.24, 2.45) is 0 Å². The number of fused-ring (bicyclic) bond motifs is 8. The highest BCUT2D eigenvalue weighted by Gasteiger charge is 2.18. The molecule has 8 bridgehead atoms. The van der Waals surface area contributed by atoms with Gasteiger partial charge in [-0.1, -0.05) is 95.6 Å². The maximum Gasteiger partial charge on any atom is 0.0743 e. The molecule has 8 aromatic rings. The van der Waals surface area contributed by atoms with Gasteiger partial charge in [-0.3, -0.25) is 4.98 Å². The summed E-state index contributed by atoms with van der Waals surface area (Å²) in [6.45, 7) is 6.38. The van der Waals surface area contributed by atoms with Crippen LogP contribution in [0.3, 0.4) is 0 Å². The van der Waals surface area contributed by atoms with Crippen LogP contribution in [0.5, 0.6) is 0 Å². The lowest BCUT2D eigenvalue weighted by atomic mass is 10.0. The Balaban J connectivity index is 1.43. The molecule has 0 spiro atoms. The van der Waals surface area contributed by atoms with Gasteiger partial charge in [0.2, 0.25) is 0 Å². The Morgan fingerprint density at radius 2 is 0.686 bits per heavy atom. The summed E-state index contributed by atoms with van der Waals surface area (Å²) in [5.41, 5.74) is 16.3. The molecule has 5 nitrogen and oxygen atoms in total. The zero-order valence-corrected chi connectivity index (χ0v) is 28.8. The van der Waals surface area contributed by atoms with Crippen molar-refractivity contribution in [2.75, 3.05) is 0 Å². The third kappa shape index (κ3) is 5.59. The van der Waals surface area contributed by atoms with Crippen LogP contribution in [-0.4, -0.2) is 24.9 Å². The number of pyridine rings is 1. The van der Waals surface area contributed by atoms with Crippen LogP contribution < -0.4 is 21.4 Å². The lowest BCUT2D eigenvalue weighted by Gasteiger charge is -2.10. The summed E-state index contributed by atoms with van der Waals surface area (Å²) in [4.78, 5) is 20.2. The third-order valence-electron chi connectivity index (χ3n) is 9.84. The fourth-order valence-corrected chi connectivity index (χ4v) is 7.21. The highest BCUT2D eigenvalue weighted by molar-refractivity contribution is 5.84. The van der Waals surface area contributed by atoms with E-state index in [4.69, 9.17) is 4.98 Å². The van der Waals surface area contributed by atoms with E-state index >= 15 is 0 Å². The minimum absolute atomic E-state index is 0.885. The molecule has 51 heavy (non-hydrogen) atoms. The maximum atomic E-state index is 4.83. The molecule has 4 N–H and O–H groups in total. The average Bonchev–Trinajstić information content (AvgIpc) is 3.99. The molecule has 3 aromatic carbocycles. The number of rotatable bonds is 4. The van der Waals surface area contributed by atoms with Crippen molar-refractivity contribution in [2.45, 2.75) is 20.8 Å². The lowest BCUT2D eigenvalue weighted by Crippen LogP contribution is -2.19. The largest absolute Gasteiger partial charge is 0.354 e. The minimum Gasteiger partial charge on any atom is -0.354 e. The molecule has 1 aliphatic heterocycles. The van der Waals surface area contributed by atoms with Gasteiger partial charge in [-0.15, -0.1) is 0 Å². The van der Waals surface area contributed by atoms with Gasteiger partial charge in [0.1, 0.15) is 0 Å². The van der Waals surface area contributed by atoms with Crippen LogP contribution in [0.4, 0.5) is 0 Å². The zero-order valence-electron chi connectivity index (χ0n) is 28.8. The molecule has 0 fully saturated rings. The van der Waals surface area contributed by atoms with Gasteiger partial charge >= 0.3 is 0 Å². The summed E-state index contributed by atoms with van der Waals surface area (Å²) in [5.74, 6) is 0. The van der Waals surface area contributed by atoms with Gasteiger partial charge in [0.05, 0.1) is 16.7 Å². The molecule has 0 radical (unpaired) electrons. The normalized spacial score (nSPS) is 12.8. The molecular formula is C46H37N5. The van der Waals surface area contributed by atoms with Crippen molar-refractivity contribution in [1.29, 1.82) is 0 Å². The predicted molar refractivity (Wildman–Crippen MR) is 206 cm³/mol. The Morgan fingerprint density at radius 1 is 0.333 bits per heavy atom. The molecule has 9 rings (SSSR count). The Hall–Kier alpha value is -6.59. The number of hydrogen-bond acceptors (Lipinski definition) is 1. The summed E-state index contributed by atoms with van der Waals surface area (Å²) in [5, 5.41) is 4.05. The topological polar surface area (TPSA) is 76.0 Å². The van der Waals surface area contributed by atoms with Crippen molar-refractivity contribution in [3.05, 3.63) is 229 Å². The molecule has 246 valence electrons. The second kappa shape index (κ2) is 12.4. The highest BCUT2D eigenvalue weighted by atomic mass is 14.8. The van der Waals surface area contributed by atoms with E-state index < -0.39 is 0 Å². The van der Waals surface area contributed by atoms with Gasteiger partial charge in [0, 0.05) is 61.6 Å². The molecule has 5 aromatic heterocycles. The highest BCUT2D eigenvalue weighted by Crippen LogP contribution is 2.28. The molecule has 0 atom stereocenters. The Bertz CT molecular complexity index is 2790. The van der Waals surface area contributed by atoms with Gasteiger partial charge < -0.3 is 19.9 Å². The average molecular weight is 660 g/mol. The van der Waals surface area contributed by atoms with Crippen LogP contribution in [-0.2, 0) is 0 Å². The van der Waals surface area contributed by atoms with E-state index in [1.165, 1.54) is 16.7 Å². The van der Waals surface area contributed by atoms with Crippen LogP contribution in [0.2, 0.25) is 0 Å². The SMILES string of the molecule is Cc1ccc(C2=c3ccc([nH]3)=C(c3ccc(C)cc3)c3ccc([nH]3)C(c3ccccn3)=c3ccc([nH]3)=C(c3ccc(C)cc3)c3ccc2[nH]3)cc1. The number of H-pyrrole nitrogens is 4. The minimum atomic E-state index is 0.885. The second-order valence-electron chi connectivity index (χ2n) is 13.5. The molecule has 1 aliphatic rings. The van der Waals surface area contributed by atoms with E-state index in [1.54, 1.807) is 0 Å². The van der Waals surface area contributed by atoms with Gasteiger partial charge in [0.25, 0.3) is 0 Å². The number of nitrogens with one attached hydrogen (secondary N) is 4. The maximum absolute atomic E-state index is 4.83. The van der Waals surface area contributed by atoms with Crippen LogP contribution in [0.15, 0.2) is 146 Å². The van der Waals surface area contributed by atoms with Crippen LogP contribution in [0, 0.1) is 20.8 Å². The van der Waals surface area contributed by atoms with Gasteiger partial charge in [-0.05, 0) is 98.1 Å². The van der Waals surface area contributed by atoms with Crippen molar-refractivity contribution >= 4 is 22.3 Å². The zero-order chi connectivity index (χ0) is 34.5. The van der Waals surface area contributed by atoms with E-state index in [0.717, 1.165) is 88.8 Å². The molecule has 0 unspecified atom stereocenters. The Labute approximate surface area is 296 Å². The predicted octanol–water partition coefficient (Wildman–Crippen LogP) is 6.62. The monoisotopic (exact) mass is 659 g/mol. The molecule has 0 saturated carbocycles. The van der Waals surface area contributed by atoms with Crippen molar-refractivity contribution in [3.63, 3.8) is 0 Å². The van der Waals surface area contributed by atoms with Crippen LogP contribution in [0.25, 0.3) is 22.3 Å². The molecule has 5 heteroatoms. The Kier molecular flexibility index (Phi) is 7.40. The van der Waals surface area contributed by atoms with E-state index in [-0.39, 0.29) is 0 Å². The first-order valence-corrected chi connectivity index (χ1v) is 17.4. The Morgan fingerprint density at radius 3 is 1.04 bits per heavy atom. The first-order chi connectivity index (χ1) is 25.0. The molecule has 6 heterocycles. The van der Waals surface area contributed by atoms with Crippen molar-refractivity contribution in [1.82, 2.24) is 24.9 Å². The standard InChI is InChI=1S/C46H37N5/c1-28-7-13-31(14-8-28)43-35-19-21-37(48-35)44(32-15-9-29(2)10-16-32)39-23-25-41(50-39)46(34-6-4-5-27-47-34)42-26-24-40(51-42)45(38-22-20-36(43)49-38)33-17-11-30(3)12-18-33/h4-27,48-51H,1-3H3. The fraction of sp³-hybridized carbons (Fsp3) is 0.0652. The quantitative estimate of drug-likeness (QED) is 0.169. The number of aryl methyl sites for hydroxylation is 3. The number of hydrogen-bond donors (Lipinski definition) is 4. The second-order valence-corrected chi connectivity index (χ2v) is 13.5. The number of aromatic nitrogens is 5. The van der Waals surface area contributed by atoms with E-state index in [1.807, 2.05) is 18.3 Å². The van der Waals surface area contributed by atoms with Gasteiger partial charge in [0.15, 0.2) is 0 Å².